The molecular weight excluding hydrogens is 430 g/mol. The number of anilines is 3. The topological polar surface area (TPSA) is 79.9 Å². The molecule has 1 aliphatic heterocycles. The molecule has 0 fully saturated rings. The van der Waals surface area contributed by atoms with Crippen molar-refractivity contribution in [3.63, 3.8) is 0 Å². The Labute approximate surface area is 190 Å². The third-order valence-electron chi connectivity index (χ3n) is 4.78. The van der Waals surface area contributed by atoms with E-state index in [0.717, 1.165) is 5.75 Å². The number of carbonyl (C=O) groups excluding carboxylic acids is 2. The monoisotopic (exact) mass is 451 g/mol. The molecule has 8 heteroatoms. The second-order valence-electron chi connectivity index (χ2n) is 7.12. The van der Waals surface area contributed by atoms with Crippen LogP contribution in [0.3, 0.4) is 0 Å². The lowest BCUT2D eigenvalue weighted by molar-refractivity contribution is -0.121. The van der Waals surface area contributed by atoms with E-state index < -0.39 is 6.03 Å². The van der Waals surface area contributed by atoms with Crippen molar-refractivity contribution in [3.8, 4) is 11.5 Å². The Morgan fingerprint density at radius 2 is 1.78 bits per heavy atom. The van der Waals surface area contributed by atoms with Crippen LogP contribution >= 0.6 is 11.6 Å². The first-order valence-electron chi connectivity index (χ1n) is 10.2. The second kappa shape index (κ2) is 10.1. The molecule has 2 N–H and O–H groups in total. The third-order valence-corrected chi connectivity index (χ3v) is 5.02. The van der Waals surface area contributed by atoms with Gasteiger partial charge in [0.2, 0.25) is 0 Å². The zero-order valence-electron chi connectivity index (χ0n) is 17.2. The maximum absolute atomic E-state index is 12.4. The number of amides is 3. The molecule has 0 saturated carbocycles. The fourth-order valence-corrected chi connectivity index (χ4v) is 3.51. The number of para-hydroxylation sites is 1. The van der Waals surface area contributed by atoms with Crippen molar-refractivity contribution in [2.24, 2.45) is 0 Å². The first-order valence-corrected chi connectivity index (χ1v) is 10.5. The van der Waals surface area contributed by atoms with Crippen LogP contribution in [0.15, 0.2) is 72.8 Å². The predicted molar refractivity (Wildman–Crippen MR) is 125 cm³/mol. The molecule has 3 amide bonds. The van der Waals surface area contributed by atoms with E-state index in [4.69, 9.17) is 21.1 Å². The number of nitrogens with one attached hydrogen (secondary N) is 2. The predicted octanol–water partition coefficient (Wildman–Crippen LogP) is 5.18. The van der Waals surface area contributed by atoms with E-state index in [1.807, 2.05) is 30.3 Å². The minimum atomic E-state index is -0.408. The van der Waals surface area contributed by atoms with Gasteiger partial charge in [0.15, 0.2) is 6.61 Å². The summed E-state index contributed by atoms with van der Waals surface area (Å²) in [5.41, 5.74) is 1.80. The molecule has 0 spiro atoms. The van der Waals surface area contributed by atoms with E-state index >= 15 is 0 Å². The molecule has 1 aliphatic rings. The van der Waals surface area contributed by atoms with Crippen molar-refractivity contribution >= 4 is 40.6 Å². The summed E-state index contributed by atoms with van der Waals surface area (Å²) in [7, 11) is 0. The minimum Gasteiger partial charge on any atom is -0.494 e. The number of carbonyl (C=O) groups is 2. The number of hydrogen-bond acceptors (Lipinski definition) is 4. The van der Waals surface area contributed by atoms with Crippen LogP contribution in [0.1, 0.15) is 6.42 Å². The molecule has 164 valence electrons. The molecule has 32 heavy (non-hydrogen) atoms. The van der Waals surface area contributed by atoms with Crippen LogP contribution in [0, 0.1) is 0 Å². The Balaban J connectivity index is 1.35. The van der Waals surface area contributed by atoms with Gasteiger partial charge in [-0.25, -0.2) is 4.79 Å². The number of hydrogen-bond donors (Lipinski definition) is 2. The molecule has 0 saturated heterocycles. The number of rotatable bonds is 7. The van der Waals surface area contributed by atoms with Gasteiger partial charge >= 0.3 is 6.03 Å². The first-order chi connectivity index (χ1) is 15.6. The summed E-state index contributed by atoms with van der Waals surface area (Å²) in [5.74, 6) is 1.22. The van der Waals surface area contributed by atoms with Crippen molar-refractivity contribution in [2.45, 2.75) is 6.42 Å². The molecule has 1 heterocycles. The van der Waals surface area contributed by atoms with Gasteiger partial charge in [0, 0.05) is 29.0 Å². The van der Waals surface area contributed by atoms with Crippen molar-refractivity contribution in [1.82, 2.24) is 0 Å². The number of nitrogens with zero attached hydrogens (tertiary/aromatic N) is 1. The fourth-order valence-electron chi connectivity index (χ4n) is 3.32. The highest BCUT2D eigenvalue weighted by molar-refractivity contribution is 6.30. The van der Waals surface area contributed by atoms with Gasteiger partial charge in [0.05, 0.1) is 12.3 Å². The Hall–Kier alpha value is -3.71. The van der Waals surface area contributed by atoms with E-state index in [2.05, 4.69) is 10.6 Å². The van der Waals surface area contributed by atoms with Crippen LogP contribution in [0.2, 0.25) is 5.02 Å². The molecule has 3 aromatic rings. The zero-order valence-corrected chi connectivity index (χ0v) is 18.0. The summed E-state index contributed by atoms with van der Waals surface area (Å²) in [6, 6.07) is 21.2. The Bertz CT molecular complexity index is 1110. The van der Waals surface area contributed by atoms with E-state index in [1.54, 1.807) is 47.4 Å². The molecule has 3 aromatic carbocycles. The first kappa shape index (κ1) is 21.5. The van der Waals surface area contributed by atoms with Gasteiger partial charge in [-0.15, -0.1) is 0 Å². The standard InChI is InChI=1S/C24H22ClN3O4/c25-17-6-4-7-18(14-17)26-24(30)27-19-10-11-21-22(15-19)32-16-23(29)28(21)12-5-13-31-20-8-2-1-3-9-20/h1-4,6-11,14-15H,5,12-13,16H2,(H2,26,27,30). The van der Waals surface area contributed by atoms with Gasteiger partial charge in [-0.1, -0.05) is 35.9 Å². The molecule has 0 atom stereocenters. The van der Waals surface area contributed by atoms with E-state index in [-0.39, 0.29) is 12.5 Å². The summed E-state index contributed by atoms with van der Waals surface area (Å²) in [4.78, 5) is 26.4. The van der Waals surface area contributed by atoms with Gasteiger partial charge in [0.1, 0.15) is 11.5 Å². The van der Waals surface area contributed by atoms with Gasteiger partial charge < -0.3 is 25.0 Å². The summed E-state index contributed by atoms with van der Waals surface area (Å²) in [6.07, 6.45) is 0.669. The lowest BCUT2D eigenvalue weighted by Gasteiger charge is -2.29. The van der Waals surface area contributed by atoms with Crippen LogP contribution in [-0.4, -0.2) is 31.7 Å². The number of halogens is 1. The van der Waals surface area contributed by atoms with Gasteiger partial charge in [0.25, 0.3) is 5.91 Å². The normalized spacial score (nSPS) is 12.5. The maximum Gasteiger partial charge on any atom is 0.323 e. The Morgan fingerprint density at radius 3 is 2.56 bits per heavy atom. The Morgan fingerprint density at radius 1 is 1.00 bits per heavy atom. The highest BCUT2D eigenvalue weighted by atomic mass is 35.5. The van der Waals surface area contributed by atoms with Crippen molar-refractivity contribution in [1.29, 1.82) is 0 Å². The van der Waals surface area contributed by atoms with Crippen molar-refractivity contribution < 1.29 is 19.1 Å². The smallest absolute Gasteiger partial charge is 0.323 e. The molecule has 7 nitrogen and oxygen atoms in total. The minimum absolute atomic E-state index is 0.0509. The summed E-state index contributed by atoms with van der Waals surface area (Å²) in [6.45, 7) is 0.946. The quantitative estimate of drug-likeness (QED) is 0.485. The van der Waals surface area contributed by atoms with Crippen LogP contribution in [0.5, 0.6) is 11.5 Å². The molecule has 4 rings (SSSR count). The maximum atomic E-state index is 12.4. The van der Waals surface area contributed by atoms with Crippen LogP contribution in [-0.2, 0) is 4.79 Å². The summed E-state index contributed by atoms with van der Waals surface area (Å²) in [5, 5.41) is 6.01. The third kappa shape index (κ3) is 5.50. The largest absolute Gasteiger partial charge is 0.494 e. The van der Waals surface area contributed by atoms with Crippen LogP contribution in [0.25, 0.3) is 0 Å². The van der Waals surface area contributed by atoms with Crippen molar-refractivity contribution in [3.05, 3.63) is 77.8 Å². The van der Waals surface area contributed by atoms with Crippen molar-refractivity contribution in [2.75, 3.05) is 35.3 Å². The SMILES string of the molecule is O=C(Nc1cccc(Cl)c1)Nc1ccc2c(c1)OCC(=O)N2CCCOc1ccccc1. The number of benzene rings is 3. The molecule has 0 bridgehead atoms. The average molecular weight is 452 g/mol. The fraction of sp³-hybridized carbons (Fsp3) is 0.167. The molecule has 0 unspecified atom stereocenters. The second-order valence-corrected chi connectivity index (χ2v) is 7.56. The van der Waals surface area contributed by atoms with E-state index in [1.165, 1.54) is 0 Å². The lowest BCUT2D eigenvalue weighted by atomic mass is 10.2. The lowest BCUT2D eigenvalue weighted by Crippen LogP contribution is -2.39. The molecule has 0 radical (unpaired) electrons. The highest BCUT2D eigenvalue weighted by Crippen LogP contribution is 2.34. The van der Waals surface area contributed by atoms with Gasteiger partial charge in [-0.05, 0) is 48.9 Å². The Kier molecular flexibility index (Phi) is 6.77. The highest BCUT2D eigenvalue weighted by Gasteiger charge is 2.25. The number of urea groups is 1. The molecular formula is C24H22ClN3O4. The number of ether oxygens (including phenoxy) is 2. The van der Waals surface area contributed by atoms with E-state index in [9.17, 15) is 9.59 Å². The van der Waals surface area contributed by atoms with Crippen LogP contribution in [0.4, 0.5) is 21.9 Å². The number of fused-ring (bicyclic) bond motifs is 1. The van der Waals surface area contributed by atoms with Crippen LogP contribution < -0.4 is 25.0 Å². The molecule has 0 aromatic heterocycles. The summed E-state index contributed by atoms with van der Waals surface area (Å²) < 4.78 is 11.3. The molecule has 0 aliphatic carbocycles. The average Bonchev–Trinajstić information content (AvgIpc) is 2.78. The zero-order chi connectivity index (χ0) is 22.3. The van der Waals surface area contributed by atoms with Gasteiger partial charge in [-0.2, -0.15) is 0 Å². The summed E-state index contributed by atoms with van der Waals surface area (Å²) >= 11 is 5.94. The van der Waals surface area contributed by atoms with Gasteiger partial charge in [-0.3, -0.25) is 4.79 Å². The van der Waals surface area contributed by atoms with E-state index in [0.29, 0.717) is 47.4 Å².